The molecule has 1 unspecified atom stereocenters. The van der Waals surface area contributed by atoms with Crippen LogP contribution in [0.1, 0.15) is 24.8 Å². The third-order valence-corrected chi connectivity index (χ3v) is 4.66. The van der Waals surface area contributed by atoms with Crippen LogP contribution < -0.4 is 10.2 Å². The van der Waals surface area contributed by atoms with Gasteiger partial charge < -0.3 is 10.2 Å². The normalized spacial score (nSPS) is 22.9. The lowest BCUT2D eigenvalue weighted by molar-refractivity contribution is -0.137. The molecule has 0 aromatic heterocycles. The second kappa shape index (κ2) is 5.80. The Morgan fingerprint density at radius 3 is 2.67 bits per heavy atom. The molecule has 1 aromatic carbocycles. The van der Waals surface area contributed by atoms with Crippen LogP contribution in [0.4, 0.5) is 18.9 Å². The fraction of sp³-hybridized carbons (Fsp3) is 0.600. The molecular weight excluding hydrogens is 345 g/mol. The molecule has 1 saturated carbocycles. The third kappa shape index (κ3) is 3.72. The van der Waals surface area contributed by atoms with Crippen molar-refractivity contribution in [1.29, 1.82) is 0 Å². The maximum absolute atomic E-state index is 13.2. The standard InChI is InChI=1S/C15H18BrF3N2/c16-11-1-4-14(13(7-11)15(17,18)19)21-6-5-10(9-21)8-20-12-2-3-12/h1,4,7,10,12,20H,2-3,5-6,8-9H2. The second-order valence-corrected chi connectivity index (χ2v) is 6.86. The van der Waals surface area contributed by atoms with Crippen molar-refractivity contribution in [3.63, 3.8) is 0 Å². The number of benzene rings is 1. The predicted molar refractivity (Wildman–Crippen MR) is 80.5 cm³/mol. The van der Waals surface area contributed by atoms with Crippen molar-refractivity contribution < 1.29 is 13.2 Å². The number of halogens is 4. The summed E-state index contributed by atoms with van der Waals surface area (Å²) in [4.78, 5) is 1.87. The van der Waals surface area contributed by atoms with E-state index in [1.165, 1.54) is 18.9 Å². The Hall–Kier alpha value is -0.750. The topological polar surface area (TPSA) is 15.3 Å². The highest BCUT2D eigenvalue weighted by atomic mass is 79.9. The van der Waals surface area contributed by atoms with Crippen molar-refractivity contribution in [2.75, 3.05) is 24.5 Å². The summed E-state index contributed by atoms with van der Waals surface area (Å²) in [6.07, 6.45) is -0.890. The van der Waals surface area contributed by atoms with Gasteiger partial charge in [-0.05, 0) is 49.9 Å². The number of nitrogens with zero attached hydrogens (tertiary/aromatic N) is 1. The molecule has 0 bridgehead atoms. The maximum atomic E-state index is 13.2. The zero-order valence-corrected chi connectivity index (χ0v) is 13.2. The first kappa shape index (κ1) is 15.2. The molecule has 0 spiro atoms. The van der Waals surface area contributed by atoms with Crippen LogP contribution in [0.3, 0.4) is 0 Å². The van der Waals surface area contributed by atoms with E-state index < -0.39 is 11.7 Å². The van der Waals surface area contributed by atoms with Crippen LogP contribution in [-0.4, -0.2) is 25.7 Å². The lowest BCUT2D eigenvalue weighted by Crippen LogP contribution is -2.28. The van der Waals surface area contributed by atoms with Gasteiger partial charge in [0.1, 0.15) is 0 Å². The Morgan fingerprint density at radius 2 is 2.00 bits per heavy atom. The van der Waals surface area contributed by atoms with Crippen molar-refractivity contribution in [2.45, 2.75) is 31.5 Å². The van der Waals surface area contributed by atoms with E-state index in [0.717, 1.165) is 13.0 Å². The number of hydrogen-bond donors (Lipinski definition) is 1. The second-order valence-electron chi connectivity index (χ2n) is 5.94. The lowest BCUT2D eigenvalue weighted by atomic mass is 10.1. The fourth-order valence-electron chi connectivity index (χ4n) is 2.85. The van der Waals surface area contributed by atoms with E-state index in [4.69, 9.17) is 0 Å². The van der Waals surface area contributed by atoms with E-state index in [0.29, 0.717) is 35.2 Å². The van der Waals surface area contributed by atoms with Gasteiger partial charge in [-0.1, -0.05) is 15.9 Å². The summed E-state index contributed by atoms with van der Waals surface area (Å²) in [5.41, 5.74) is -0.243. The van der Waals surface area contributed by atoms with E-state index in [9.17, 15) is 13.2 Å². The van der Waals surface area contributed by atoms with Gasteiger partial charge in [0.05, 0.1) is 5.56 Å². The Kier molecular flexibility index (Phi) is 4.19. The maximum Gasteiger partial charge on any atom is 0.418 e. The average Bonchev–Trinajstić information content (AvgIpc) is 3.13. The SMILES string of the molecule is FC(F)(F)c1cc(Br)ccc1N1CCC(CNC2CC2)C1. The molecule has 116 valence electrons. The quantitative estimate of drug-likeness (QED) is 0.869. The molecular formula is C15H18BrF3N2. The molecule has 2 nitrogen and oxygen atoms in total. The molecule has 2 aliphatic rings. The smallest absolute Gasteiger partial charge is 0.371 e. The first-order valence-corrected chi connectivity index (χ1v) is 8.08. The Labute approximate surface area is 130 Å². The molecule has 1 saturated heterocycles. The van der Waals surface area contributed by atoms with Crippen molar-refractivity contribution in [1.82, 2.24) is 5.32 Å². The van der Waals surface area contributed by atoms with Gasteiger partial charge in [-0.15, -0.1) is 0 Å². The van der Waals surface area contributed by atoms with Gasteiger partial charge in [0.2, 0.25) is 0 Å². The molecule has 21 heavy (non-hydrogen) atoms. The van der Waals surface area contributed by atoms with Gasteiger partial charge >= 0.3 is 6.18 Å². The zero-order chi connectivity index (χ0) is 15.0. The van der Waals surface area contributed by atoms with Crippen LogP contribution in [0.2, 0.25) is 0 Å². The lowest BCUT2D eigenvalue weighted by Gasteiger charge is -2.23. The first-order valence-electron chi connectivity index (χ1n) is 7.28. The monoisotopic (exact) mass is 362 g/mol. The van der Waals surface area contributed by atoms with Crippen LogP contribution >= 0.6 is 15.9 Å². The molecule has 1 N–H and O–H groups in total. The summed E-state index contributed by atoms with van der Waals surface area (Å²) >= 11 is 3.13. The van der Waals surface area contributed by atoms with Crippen molar-refractivity contribution >= 4 is 21.6 Å². The Morgan fingerprint density at radius 1 is 1.24 bits per heavy atom. The van der Waals surface area contributed by atoms with E-state index in [2.05, 4.69) is 21.2 Å². The number of nitrogens with one attached hydrogen (secondary N) is 1. The minimum absolute atomic E-state index is 0.305. The minimum atomic E-state index is -4.32. The number of anilines is 1. The highest BCUT2D eigenvalue weighted by Gasteiger charge is 2.36. The molecule has 6 heteroatoms. The molecule has 1 aliphatic carbocycles. The summed E-state index contributed by atoms with van der Waals surface area (Å²) < 4.78 is 40.0. The molecule has 2 fully saturated rings. The molecule has 3 rings (SSSR count). The van der Waals surface area contributed by atoms with Gasteiger partial charge in [-0.2, -0.15) is 13.2 Å². The summed E-state index contributed by atoms with van der Waals surface area (Å²) in [7, 11) is 0. The van der Waals surface area contributed by atoms with Gasteiger partial charge in [0, 0.05) is 29.3 Å². The van der Waals surface area contributed by atoms with Crippen molar-refractivity contribution in [2.24, 2.45) is 5.92 Å². The predicted octanol–water partition coefficient (Wildman–Crippen LogP) is 4.05. The van der Waals surface area contributed by atoms with Gasteiger partial charge in [0.25, 0.3) is 0 Å². The zero-order valence-electron chi connectivity index (χ0n) is 11.6. The summed E-state index contributed by atoms with van der Waals surface area (Å²) in [6, 6.07) is 5.08. The van der Waals surface area contributed by atoms with Crippen LogP contribution in [0, 0.1) is 5.92 Å². The highest BCUT2D eigenvalue weighted by molar-refractivity contribution is 9.10. The molecule has 1 atom stereocenters. The minimum Gasteiger partial charge on any atom is -0.371 e. The average molecular weight is 363 g/mol. The fourth-order valence-corrected chi connectivity index (χ4v) is 3.21. The van der Waals surface area contributed by atoms with Crippen molar-refractivity contribution in [3.05, 3.63) is 28.2 Å². The van der Waals surface area contributed by atoms with Crippen molar-refractivity contribution in [3.8, 4) is 0 Å². The summed E-state index contributed by atoms with van der Waals surface area (Å²) in [6.45, 7) is 2.31. The Balaban J connectivity index is 1.71. The van der Waals surface area contributed by atoms with Crippen LogP contribution in [0.15, 0.2) is 22.7 Å². The number of hydrogen-bond acceptors (Lipinski definition) is 2. The van der Waals surface area contributed by atoms with Crippen LogP contribution in [0.25, 0.3) is 0 Å². The van der Waals surface area contributed by atoms with Crippen LogP contribution in [-0.2, 0) is 6.18 Å². The molecule has 1 heterocycles. The van der Waals surface area contributed by atoms with E-state index >= 15 is 0 Å². The van der Waals surface area contributed by atoms with Gasteiger partial charge in [0.15, 0.2) is 0 Å². The third-order valence-electron chi connectivity index (χ3n) is 4.16. The first-order chi connectivity index (χ1) is 9.93. The number of alkyl halides is 3. The van der Waals surface area contributed by atoms with Gasteiger partial charge in [-0.3, -0.25) is 0 Å². The molecule has 0 amide bonds. The molecule has 0 radical (unpaired) electrons. The van der Waals surface area contributed by atoms with E-state index in [1.54, 1.807) is 12.1 Å². The van der Waals surface area contributed by atoms with E-state index in [1.807, 2.05) is 4.90 Å². The molecule has 1 aromatic rings. The van der Waals surface area contributed by atoms with Crippen LogP contribution in [0.5, 0.6) is 0 Å². The Bertz CT molecular complexity index is 514. The molecule has 1 aliphatic heterocycles. The van der Waals surface area contributed by atoms with E-state index in [-0.39, 0.29) is 0 Å². The largest absolute Gasteiger partial charge is 0.418 e. The van der Waals surface area contributed by atoms with Gasteiger partial charge in [-0.25, -0.2) is 0 Å². The summed E-state index contributed by atoms with van der Waals surface area (Å²) in [5.74, 6) is 0.440. The summed E-state index contributed by atoms with van der Waals surface area (Å²) in [5, 5.41) is 3.47. The number of rotatable bonds is 4. The highest BCUT2D eigenvalue weighted by Crippen LogP contribution is 2.39.